The third-order valence-corrected chi connectivity index (χ3v) is 2.41. The second-order valence-electron chi connectivity index (χ2n) is 3.05. The molecule has 0 unspecified atom stereocenters. The highest BCUT2D eigenvalue weighted by Crippen LogP contribution is 2.33. The average molecular weight is 134 g/mol. The van der Waals surface area contributed by atoms with Crippen LogP contribution in [-0.2, 0) is 0 Å². The van der Waals surface area contributed by atoms with E-state index in [9.17, 15) is 0 Å². The van der Waals surface area contributed by atoms with E-state index < -0.39 is 0 Å². The van der Waals surface area contributed by atoms with Gasteiger partial charge in [0.1, 0.15) is 0 Å². The van der Waals surface area contributed by atoms with Gasteiger partial charge in [0.05, 0.1) is 6.54 Å². The summed E-state index contributed by atoms with van der Waals surface area (Å²) in [5.41, 5.74) is 1.55. The van der Waals surface area contributed by atoms with Crippen molar-refractivity contribution in [1.82, 2.24) is 5.32 Å². The van der Waals surface area contributed by atoms with Gasteiger partial charge in [0.25, 0.3) is 0 Å². The van der Waals surface area contributed by atoms with Gasteiger partial charge in [-0.05, 0) is 30.4 Å². The lowest BCUT2D eigenvalue weighted by Crippen LogP contribution is -2.20. The minimum Gasteiger partial charge on any atom is -0.289 e. The Morgan fingerprint density at radius 1 is 1.40 bits per heavy atom. The molecule has 1 aliphatic heterocycles. The van der Waals surface area contributed by atoms with Crippen molar-refractivity contribution < 1.29 is 0 Å². The Kier molecular flexibility index (Phi) is 1.50. The fourth-order valence-electron chi connectivity index (χ4n) is 1.48. The fourth-order valence-corrected chi connectivity index (χ4v) is 1.48. The SMILES string of the molecule is C1=C[N]CC(C2CCC2)=C1. The van der Waals surface area contributed by atoms with Gasteiger partial charge in [-0.1, -0.05) is 12.5 Å². The van der Waals surface area contributed by atoms with Gasteiger partial charge in [0.15, 0.2) is 0 Å². The minimum absolute atomic E-state index is 0.883. The van der Waals surface area contributed by atoms with Crippen LogP contribution in [0, 0.1) is 5.92 Å². The molecule has 0 amide bonds. The molecule has 0 saturated heterocycles. The quantitative estimate of drug-likeness (QED) is 0.519. The normalized spacial score (nSPS) is 25.0. The summed E-state index contributed by atoms with van der Waals surface area (Å²) in [5, 5.41) is 4.21. The Bertz CT molecular complexity index is 175. The lowest BCUT2D eigenvalue weighted by Gasteiger charge is -2.28. The smallest absolute Gasteiger partial charge is 0.0605 e. The standard InChI is InChI=1S/C9H12N/c1-3-8(4-1)9-5-2-6-10-7-9/h2,5-6,8H,1,3-4,7H2. The first-order chi connectivity index (χ1) is 4.97. The van der Waals surface area contributed by atoms with Crippen molar-refractivity contribution in [2.24, 2.45) is 5.92 Å². The van der Waals surface area contributed by atoms with E-state index in [0.29, 0.717) is 0 Å². The van der Waals surface area contributed by atoms with E-state index in [0.717, 1.165) is 12.5 Å². The second-order valence-corrected chi connectivity index (χ2v) is 3.05. The highest BCUT2D eigenvalue weighted by molar-refractivity contribution is 5.21. The molecule has 0 aromatic heterocycles. The minimum atomic E-state index is 0.883. The van der Waals surface area contributed by atoms with Crippen molar-refractivity contribution >= 4 is 0 Å². The molecule has 0 atom stereocenters. The summed E-state index contributed by atoms with van der Waals surface area (Å²) in [4.78, 5) is 0. The third kappa shape index (κ3) is 0.962. The van der Waals surface area contributed by atoms with Gasteiger partial charge in [0, 0.05) is 6.20 Å². The average Bonchev–Trinajstić information content (AvgIpc) is 1.86. The summed E-state index contributed by atoms with van der Waals surface area (Å²) >= 11 is 0. The molecule has 1 heterocycles. The molecule has 1 fully saturated rings. The van der Waals surface area contributed by atoms with Gasteiger partial charge in [-0.15, -0.1) is 0 Å². The van der Waals surface area contributed by atoms with Crippen molar-refractivity contribution in [3.05, 3.63) is 23.9 Å². The van der Waals surface area contributed by atoms with Crippen molar-refractivity contribution in [1.29, 1.82) is 0 Å². The van der Waals surface area contributed by atoms with Crippen LogP contribution in [0.15, 0.2) is 23.9 Å². The summed E-state index contributed by atoms with van der Waals surface area (Å²) in [5.74, 6) is 0.883. The van der Waals surface area contributed by atoms with Crippen LogP contribution in [0.5, 0.6) is 0 Å². The van der Waals surface area contributed by atoms with Gasteiger partial charge in [-0.25, -0.2) is 0 Å². The molecule has 1 radical (unpaired) electrons. The van der Waals surface area contributed by atoms with Crippen LogP contribution in [0.1, 0.15) is 19.3 Å². The third-order valence-electron chi connectivity index (χ3n) is 2.41. The molecule has 0 aromatic carbocycles. The summed E-state index contributed by atoms with van der Waals surface area (Å²) in [6.45, 7) is 0.959. The monoisotopic (exact) mass is 134 g/mol. The predicted molar refractivity (Wildman–Crippen MR) is 41.6 cm³/mol. The van der Waals surface area contributed by atoms with Gasteiger partial charge in [-0.2, -0.15) is 0 Å². The summed E-state index contributed by atoms with van der Waals surface area (Å²) in [6, 6.07) is 0. The number of hydrogen-bond donors (Lipinski definition) is 0. The van der Waals surface area contributed by atoms with Crippen LogP contribution in [-0.4, -0.2) is 6.54 Å². The molecule has 0 spiro atoms. The number of allylic oxidation sites excluding steroid dienone is 2. The number of rotatable bonds is 1. The molecular formula is C9H12N. The van der Waals surface area contributed by atoms with Crippen LogP contribution < -0.4 is 5.32 Å². The van der Waals surface area contributed by atoms with Gasteiger partial charge in [0.2, 0.25) is 0 Å². The Morgan fingerprint density at radius 3 is 2.80 bits per heavy atom. The van der Waals surface area contributed by atoms with Crippen LogP contribution >= 0.6 is 0 Å². The van der Waals surface area contributed by atoms with Gasteiger partial charge < -0.3 is 0 Å². The molecule has 10 heavy (non-hydrogen) atoms. The molecule has 0 N–H and O–H groups in total. The van der Waals surface area contributed by atoms with E-state index in [1.54, 1.807) is 5.57 Å². The first-order valence-corrected chi connectivity index (χ1v) is 3.99. The molecule has 1 aliphatic carbocycles. The van der Waals surface area contributed by atoms with E-state index in [1.165, 1.54) is 19.3 Å². The van der Waals surface area contributed by atoms with Crippen molar-refractivity contribution in [3.63, 3.8) is 0 Å². The van der Waals surface area contributed by atoms with E-state index in [-0.39, 0.29) is 0 Å². The first kappa shape index (κ1) is 6.02. The first-order valence-electron chi connectivity index (χ1n) is 3.99. The molecular weight excluding hydrogens is 122 g/mol. The Labute approximate surface area is 61.8 Å². The summed E-state index contributed by atoms with van der Waals surface area (Å²) in [6.07, 6.45) is 10.4. The number of hydrogen-bond acceptors (Lipinski definition) is 0. The lowest BCUT2D eigenvalue weighted by atomic mass is 9.79. The molecule has 2 aliphatic rings. The lowest BCUT2D eigenvalue weighted by molar-refractivity contribution is 0.361. The summed E-state index contributed by atoms with van der Waals surface area (Å²) in [7, 11) is 0. The van der Waals surface area contributed by atoms with Gasteiger partial charge >= 0.3 is 0 Å². The van der Waals surface area contributed by atoms with E-state index in [1.807, 2.05) is 6.20 Å². The molecule has 1 nitrogen and oxygen atoms in total. The van der Waals surface area contributed by atoms with Crippen LogP contribution in [0.25, 0.3) is 0 Å². The molecule has 0 aromatic rings. The largest absolute Gasteiger partial charge is 0.289 e. The van der Waals surface area contributed by atoms with Crippen LogP contribution in [0.4, 0.5) is 0 Å². The molecule has 2 rings (SSSR count). The molecule has 0 bridgehead atoms. The van der Waals surface area contributed by atoms with E-state index >= 15 is 0 Å². The maximum absolute atomic E-state index is 4.21. The highest BCUT2D eigenvalue weighted by atomic mass is 14.8. The maximum atomic E-state index is 4.21. The van der Waals surface area contributed by atoms with Gasteiger partial charge in [-0.3, -0.25) is 5.32 Å². The second kappa shape index (κ2) is 2.49. The highest BCUT2D eigenvalue weighted by Gasteiger charge is 2.21. The van der Waals surface area contributed by atoms with E-state index in [2.05, 4.69) is 17.5 Å². The Balaban J connectivity index is 2.01. The zero-order valence-corrected chi connectivity index (χ0v) is 6.09. The zero-order valence-electron chi connectivity index (χ0n) is 6.09. The Hall–Kier alpha value is -0.720. The number of nitrogens with zero attached hydrogens (tertiary/aromatic N) is 1. The van der Waals surface area contributed by atoms with Crippen LogP contribution in [0.2, 0.25) is 0 Å². The molecule has 1 saturated carbocycles. The van der Waals surface area contributed by atoms with Crippen LogP contribution in [0.3, 0.4) is 0 Å². The Morgan fingerprint density at radius 2 is 2.30 bits per heavy atom. The molecule has 53 valence electrons. The topological polar surface area (TPSA) is 14.1 Å². The fraction of sp³-hybridized carbons (Fsp3) is 0.556. The van der Waals surface area contributed by atoms with Crippen molar-refractivity contribution in [2.45, 2.75) is 19.3 Å². The maximum Gasteiger partial charge on any atom is 0.0605 e. The van der Waals surface area contributed by atoms with Crippen molar-refractivity contribution in [3.8, 4) is 0 Å². The van der Waals surface area contributed by atoms with E-state index in [4.69, 9.17) is 0 Å². The predicted octanol–water partition coefficient (Wildman–Crippen LogP) is 1.84. The van der Waals surface area contributed by atoms with Crippen molar-refractivity contribution in [2.75, 3.05) is 6.54 Å². The summed E-state index contributed by atoms with van der Waals surface area (Å²) < 4.78 is 0. The zero-order chi connectivity index (χ0) is 6.81. The molecule has 1 heteroatoms.